The Labute approximate surface area is 124 Å². The maximum atomic E-state index is 10.3. The number of nitrogens with zero attached hydrogens (tertiary/aromatic N) is 4. The first-order valence-corrected chi connectivity index (χ1v) is 6.53. The third kappa shape index (κ3) is 1.99. The molecule has 0 aromatic carbocycles. The van der Waals surface area contributed by atoms with Crippen LogP contribution in [0.2, 0.25) is 0 Å². The lowest BCUT2D eigenvalue weighted by molar-refractivity contribution is -0.0804. The van der Waals surface area contributed by atoms with Gasteiger partial charge in [0.2, 0.25) is 5.95 Å². The molecule has 1 fully saturated rings. The van der Waals surface area contributed by atoms with Crippen LogP contribution in [0.15, 0.2) is 6.33 Å². The van der Waals surface area contributed by atoms with Crippen LogP contribution in [0.1, 0.15) is 13.2 Å². The number of hydrogen-bond acceptors (Lipinski definition) is 10. The molecule has 2 aromatic rings. The lowest BCUT2D eigenvalue weighted by atomic mass is 9.95. The third-order valence-electron chi connectivity index (χ3n) is 3.84. The molecule has 0 aliphatic carbocycles. The standard InChI is InChI=1S/C11H17N7O4/c1-11(21)4(2-19)22-9(6(11)20)18-3-14-5-7(17-13)15-10(12)16-8(5)18/h3-4,6,9,19-21H,2,13H2,1H3,(H3,12,15,16,17)/t4-,6+,9-,11-/m1/s1. The van der Waals surface area contributed by atoms with Crippen molar-refractivity contribution in [3.8, 4) is 0 Å². The number of nitrogens with one attached hydrogen (secondary N) is 1. The maximum Gasteiger partial charge on any atom is 0.224 e. The van der Waals surface area contributed by atoms with Gasteiger partial charge in [-0.3, -0.25) is 4.57 Å². The van der Waals surface area contributed by atoms with Crippen LogP contribution < -0.4 is 17.0 Å². The number of aliphatic hydroxyl groups is 3. The number of rotatable bonds is 3. The van der Waals surface area contributed by atoms with Crippen LogP contribution in [0.25, 0.3) is 11.2 Å². The van der Waals surface area contributed by atoms with Crippen molar-refractivity contribution in [2.75, 3.05) is 17.8 Å². The number of imidazole rings is 1. The van der Waals surface area contributed by atoms with Crippen LogP contribution in [0.5, 0.6) is 0 Å². The van der Waals surface area contributed by atoms with Gasteiger partial charge in [0.05, 0.1) is 12.9 Å². The highest BCUT2D eigenvalue weighted by Gasteiger charge is 2.52. The molecule has 0 amide bonds. The fourth-order valence-corrected chi connectivity index (χ4v) is 2.53. The van der Waals surface area contributed by atoms with Gasteiger partial charge >= 0.3 is 0 Å². The minimum absolute atomic E-state index is 0.0415. The highest BCUT2D eigenvalue weighted by atomic mass is 16.6. The number of aromatic nitrogens is 4. The van der Waals surface area contributed by atoms with Crippen molar-refractivity contribution < 1.29 is 20.1 Å². The largest absolute Gasteiger partial charge is 0.394 e. The first-order valence-electron chi connectivity index (χ1n) is 6.53. The summed E-state index contributed by atoms with van der Waals surface area (Å²) in [7, 11) is 0. The normalized spacial score (nSPS) is 31.8. The molecule has 8 N–H and O–H groups in total. The molecule has 3 heterocycles. The SMILES string of the molecule is C[C@@]1(O)[C@@H](CO)O[C@@H](n2cnc3c(NN)nc(N)nc32)[C@@H]1O. The Balaban J connectivity index is 2.10. The quantitative estimate of drug-likeness (QED) is 0.266. The number of aliphatic hydroxyl groups excluding tert-OH is 2. The molecule has 4 atom stereocenters. The second kappa shape index (κ2) is 5.00. The minimum atomic E-state index is -1.62. The van der Waals surface area contributed by atoms with Crippen LogP contribution in [0, 0.1) is 0 Å². The van der Waals surface area contributed by atoms with E-state index in [9.17, 15) is 15.3 Å². The Morgan fingerprint density at radius 3 is 2.82 bits per heavy atom. The zero-order valence-corrected chi connectivity index (χ0v) is 11.7. The summed E-state index contributed by atoms with van der Waals surface area (Å²) in [5.74, 6) is 5.54. The Bertz CT molecular complexity index is 703. The fraction of sp³-hybridized carbons (Fsp3) is 0.545. The van der Waals surface area contributed by atoms with Crippen LogP contribution in [0.4, 0.5) is 11.8 Å². The van der Waals surface area contributed by atoms with Gasteiger partial charge in [-0.15, -0.1) is 0 Å². The van der Waals surface area contributed by atoms with E-state index in [1.54, 1.807) is 0 Å². The monoisotopic (exact) mass is 311 g/mol. The average molecular weight is 311 g/mol. The minimum Gasteiger partial charge on any atom is -0.394 e. The van der Waals surface area contributed by atoms with E-state index in [0.717, 1.165) is 0 Å². The summed E-state index contributed by atoms with van der Waals surface area (Å²) in [6, 6.07) is 0. The van der Waals surface area contributed by atoms with Gasteiger partial charge in [-0.1, -0.05) is 0 Å². The van der Waals surface area contributed by atoms with E-state index >= 15 is 0 Å². The lowest BCUT2D eigenvalue weighted by Crippen LogP contribution is -2.46. The summed E-state index contributed by atoms with van der Waals surface area (Å²) in [6.07, 6.45) is -1.87. The maximum absolute atomic E-state index is 10.3. The van der Waals surface area contributed by atoms with Gasteiger partial charge in [0.15, 0.2) is 23.2 Å². The van der Waals surface area contributed by atoms with Gasteiger partial charge in [0.25, 0.3) is 0 Å². The Kier molecular flexibility index (Phi) is 3.38. The molecule has 120 valence electrons. The van der Waals surface area contributed by atoms with Crippen LogP contribution in [0.3, 0.4) is 0 Å². The molecule has 0 saturated carbocycles. The summed E-state index contributed by atoms with van der Waals surface area (Å²) in [4.78, 5) is 12.1. The van der Waals surface area contributed by atoms with Crippen molar-refractivity contribution in [3.63, 3.8) is 0 Å². The summed E-state index contributed by atoms with van der Waals surface area (Å²) >= 11 is 0. The zero-order chi connectivity index (χ0) is 16.1. The number of nitrogen functional groups attached to an aromatic ring is 2. The van der Waals surface area contributed by atoms with Crippen molar-refractivity contribution in [2.24, 2.45) is 5.84 Å². The molecule has 3 rings (SSSR count). The van der Waals surface area contributed by atoms with E-state index < -0.39 is 30.6 Å². The van der Waals surface area contributed by atoms with Gasteiger partial charge in [0, 0.05) is 0 Å². The second-order valence-electron chi connectivity index (χ2n) is 5.27. The third-order valence-corrected chi connectivity index (χ3v) is 3.84. The number of anilines is 2. The molecule has 11 heteroatoms. The van der Waals surface area contributed by atoms with Crippen LogP contribution >= 0.6 is 0 Å². The lowest BCUT2D eigenvalue weighted by Gasteiger charge is -2.25. The number of ether oxygens (including phenoxy) is 1. The van der Waals surface area contributed by atoms with Gasteiger partial charge in [0.1, 0.15) is 17.8 Å². The highest BCUT2D eigenvalue weighted by molar-refractivity contribution is 5.83. The molecular weight excluding hydrogens is 294 g/mol. The van der Waals surface area contributed by atoms with Gasteiger partial charge < -0.3 is 31.2 Å². The molecule has 0 radical (unpaired) electrons. The van der Waals surface area contributed by atoms with Crippen LogP contribution in [-0.4, -0.2) is 59.3 Å². The van der Waals surface area contributed by atoms with Gasteiger partial charge in [-0.05, 0) is 6.92 Å². The Hall–Kier alpha value is -2.05. The molecule has 0 bridgehead atoms. The summed E-state index contributed by atoms with van der Waals surface area (Å²) in [5, 5.41) is 29.8. The number of hydrazine groups is 1. The Morgan fingerprint density at radius 1 is 1.50 bits per heavy atom. The first-order chi connectivity index (χ1) is 10.4. The molecule has 22 heavy (non-hydrogen) atoms. The molecule has 1 saturated heterocycles. The topological polar surface area (TPSA) is 178 Å². The van der Waals surface area contributed by atoms with Crippen LogP contribution in [-0.2, 0) is 4.74 Å². The van der Waals surface area contributed by atoms with Crippen molar-refractivity contribution in [3.05, 3.63) is 6.33 Å². The molecule has 0 unspecified atom stereocenters. The van der Waals surface area contributed by atoms with E-state index in [4.69, 9.17) is 16.3 Å². The van der Waals surface area contributed by atoms with Crippen molar-refractivity contribution in [1.29, 1.82) is 0 Å². The fourth-order valence-electron chi connectivity index (χ4n) is 2.53. The molecule has 1 aliphatic heterocycles. The van der Waals surface area contributed by atoms with E-state index in [1.165, 1.54) is 17.8 Å². The van der Waals surface area contributed by atoms with Gasteiger partial charge in [-0.2, -0.15) is 9.97 Å². The van der Waals surface area contributed by atoms with Crippen molar-refractivity contribution >= 4 is 22.9 Å². The van der Waals surface area contributed by atoms with E-state index in [-0.39, 0.29) is 17.4 Å². The summed E-state index contributed by atoms with van der Waals surface area (Å²) in [6.45, 7) is 0.938. The average Bonchev–Trinajstić information content (AvgIpc) is 2.98. The highest BCUT2D eigenvalue weighted by Crippen LogP contribution is 2.38. The van der Waals surface area contributed by atoms with Gasteiger partial charge in [-0.25, -0.2) is 10.8 Å². The Morgan fingerprint density at radius 2 is 2.23 bits per heavy atom. The van der Waals surface area contributed by atoms with Crippen molar-refractivity contribution in [2.45, 2.75) is 31.0 Å². The number of fused-ring (bicyclic) bond motifs is 1. The molecule has 0 spiro atoms. The molecule has 1 aliphatic rings. The molecule has 2 aromatic heterocycles. The van der Waals surface area contributed by atoms with E-state index in [2.05, 4.69) is 20.4 Å². The smallest absolute Gasteiger partial charge is 0.224 e. The molecule has 11 nitrogen and oxygen atoms in total. The number of nitrogens with two attached hydrogens (primary N) is 2. The van der Waals surface area contributed by atoms with E-state index in [1.807, 2.05) is 0 Å². The first kappa shape index (κ1) is 14.9. The number of hydrogen-bond donors (Lipinski definition) is 6. The summed E-state index contributed by atoms with van der Waals surface area (Å²) < 4.78 is 6.93. The zero-order valence-electron chi connectivity index (χ0n) is 11.7. The predicted octanol–water partition coefficient (Wildman–Crippen LogP) is -2.30. The predicted molar refractivity (Wildman–Crippen MR) is 75.2 cm³/mol. The summed E-state index contributed by atoms with van der Waals surface area (Å²) in [5.41, 5.74) is 6.97. The second-order valence-corrected chi connectivity index (χ2v) is 5.27. The van der Waals surface area contributed by atoms with E-state index in [0.29, 0.717) is 5.52 Å². The van der Waals surface area contributed by atoms with Crippen molar-refractivity contribution in [1.82, 2.24) is 19.5 Å². The molecular formula is C11H17N7O4.